The number of hydrogen-bond donors (Lipinski definition) is 2. The van der Waals surface area contributed by atoms with Gasteiger partial charge in [0.05, 0.1) is 13.2 Å². The first-order chi connectivity index (χ1) is 8.83. The van der Waals surface area contributed by atoms with E-state index >= 15 is 0 Å². The molecule has 0 heterocycles. The van der Waals surface area contributed by atoms with E-state index in [0.29, 0.717) is 19.2 Å². The molecule has 5 nitrogen and oxygen atoms in total. The first-order valence-electron chi connectivity index (χ1n) is 6.93. The van der Waals surface area contributed by atoms with Crippen LogP contribution in [-0.4, -0.2) is 46.0 Å². The first-order valence-corrected chi connectivity index (χ1v) is 6.93. The topological polar surface area (TPSA) is 68.9 Å². The molecule has 1 rings (SSSR count). The van der Waals surface area contributed by atoms with Crippen LogP contribution < -0.4 is 11.1 Å². The summed E-state index contributed by atoms with van der Waals surface area (Å²) in [4.78, 5) is 4.34. The number of unbranched alkanes of at least 4 members (excludes halogenated alkanes) is 1. The molecule has 1 aliphatic rings. The Kier molecular flexibility index (Phi) is 12.9. The lowest BCUT2D eigenvalue weighted by Crippen LogP contribution is -2.33. The van der Waals surface area contributed by atoms with Gasteiger partial charge in [-0.25, -0.2) is 0 Å². The molecule has 0 aromatic heterocycles. The van der Waals surface area contributed by atoms with Crippen LogP contribution in [0.2, 0.25) is 0 Å². The Bertz CT molecular complexity index is 236. The van der Waals surface area contributed by atoms with E-state index in [1.54, 1.807) is 7.11 Å². The quantitative estimate of drug-likeness (QED) is 0.260. The molecule has 1 aliphatic carbocycles. The van der Waals surface area contributed by atoms with Gasteiger partial charge >= 0.3 is 0 Å². The van der Waals surface area contributed by atoms with Crippen molar-refractivity contribution in [3.63, 3.8) is 0 Å². The van der Waals surface area contributed by atoms with E-state index in [9.17, 15) is 0 Å². The summed E-state index contributed by atoms with van der Waals surface area (Å²) < 4.78 is 10.3. The highest BCUT2D eigenvalue weighted by molar-refractivity contribution is 14.0. The summed E-state index contributed by atoms with van der Waals surface area (Å²) in [6.45, 7) is 3.88. The third kappa shape index (κ3) is 10.4. The van der Waals surface area contributed by atoms with Gasteiger partial charge in [0.25, 0.3) is 0 Å². The van der Waals surface area contributed by atoms with Crippen molar-refractivity contribution < 1.29 is 9.47 Å². The maximum atomic E-state index is 5.77. The van der Waals surface area contributed by atoms with Gasteiger partial charge in [0.1, 0.15) is 0 Å². The molecule has 1 fully saturated rings. The highest BCUT2D eigenvalue weighted by atomic mass is 127. The van der Waals surface area contributed by atoms with Crippen LogP contribution in [-0.2, 0) is 9.47 Å². The third-order valence-electron chi connectivity index (χ3n) is 3.20. The molecular formula is C13H28IN3O2. The number of nitrogens with two attached hydrogens (primary N) is 1. The molecule has 0 saturated heterocycles. The summed E-state index contributed by atoms with van der Waals surface area (Å²) in [5.41, 5.74) is 5.77. The average Bonchev–Trinajstić information content (AvgIpc) is 2.30. The largest absolute Gasteiger partial charge is 0.382 e. The Morgan fingerprint density at radius 3 is 2.68 bits per heavy atom. The highest BCUT2D eigenvalue weighted by Crippen LogP contribution is 2.26. The lowest BCUT2D eigenvalue weighted by atomic mass is 9.86. The molecule has 19 heavy (non-hydrogen) atoms. The van der Waals surface area contributed by atoms with Gasteiger partial charge in [0.15, 0.2) is 5.96 Å². The number of halogens is 1. The number of aliphatic imine (C=N–C) groups is 1. The van der Waals surface area contributed by atoms with Crippen molar-refractivity contribution >= 4 is 29.9 Å². The van der Waals surface area contributed by atoms with E-state index in [4.69, 9.17) is 15.2 Å². The Morgan fingerprint density at radius 1 is 1.26 bits per heavy atom. The van der Waals surface area contributed by atoms with Crippen LogP contribution in [0, 0.1) is 5.92 Å². The predicted octanol–water partition coefficient (Wildman–Crippen LogP) is 1.75. The summed E-state index contributed by atoms with van der Waals surface area (Å²) >= 11 is 0. The van der Waals surface area contributed by atoms with Gasteiger partial charge < -0.3 is 20.5 Å². The fourth-order valence-corrected chi connectivity index (χ4v) is 1.75. The molecule has 0 unspecified atom stereocenters. The molecule has 0 aliphatic heterocycles. The van der Waals surface area contributed by atoms with Gasteiger partial charge in [-0.3, -0.25) is 4.99 Å². The second-order valence-corrected chi connectivity index (χ2v) is 4.76. The Balaban J connectivity index is 0.00000324. The third-order valence-corrected chi connectivity index (χ3v) is 3.20. The number of hydrogen-bond acceptors (Lipinski definition) is 3. The monoisotopic (exact) mass is 385 g/mol. The van der Waals surface area contributed by atoms with Gasteiger partial charge in [-0.05, 0) is 31.6 Å². The van der Waals surface area contributed by atoms with Crippen LogP contribution in [0.4, 0.5) is 0 Å². The number of rotatable bonds is 10. The fourth-order valence-electron chi connectivity index (χ4n) is 1.75. The first kappa shape index (κ1) is 18.9. The van der Waals surface area contributed by atoms with Gasteiger partial charge in [0, 0.05) is 26.8 Å². The summed E-state index contributed by atoms with van der Waals surface area (Å²) in [6, 6.07) is 0. The van der Waals surface area contributed by atoms with Crippen molar-refractivity contribution in [1.29, 1.82) is 0 Å². The van der Waals surface area contributed by atoms with Gasteiger partial charge in [-0.15, -0.1) is 24.0 Å². The van der Waals surface area contributed by atoms with Gasteiger partial charge in [-0.1, -0.05) is 6.42 Å². The molecule has 0 radical (unpaired) electrons. The van der Waals surface area contributed by atoms with Crippen LogP contribution in [0.3, 0.4) is 0 Å². The minimum absolute atomic E-state index is 0. The van der Waals surface area contributed by atoms with E-state index in [2.05, 4.69) is 10.3 Å². The van der Waals surface area contributed by atoms with Gasteiger partial charge in [0.2, 0.25) is 0 Å². The zero-order valence-corrected chi connectivity index (χ0v) is 14.2. The van der Waals surface area contributed by atoms with Crippen molar-refractivity contribution in [2.45, 2.75) is 32.1 Å². The van der Waals surface area contributed by atoms with E-state index in [-0.39, 0.29) is 24.0 Å². The lowest BCUT2D eigenvalue weighted by Gasteiger charge is -2.23. The van der Waals surface area contributed by atoms with Crippen LogP contribution in [0.1, 0.15) is 32.1 Å². The van der Waals surface area contributed by atoms with Crippen LogP contribution in [0.25, 0.3) is 0 Å². The van der Waals surface area contributed by atoms with E-state index < -0.39 is 0 Å². The molecule has 0 amide bonds. The smallest absolute Gasteiger partial charge is 0.188 e. The number of methoxy groups -OCH3 is 1. The van der Waals surface area contributed by atoms with E-state index in [1.165, 1.54) is 19.3 Å². The molecule has 6 heteroatoms. The van der Waals surface area contributed by atoms with Crippen molar-refractivity contribution in [3.8, 4) is 0 Å². The zero-order chi connectivity index (χ0) is 13.1. The van der Waals surface area contributed by atoms with Gasteiger partial charge in [-0.2, -0.15) is 0 Å². The highest BCUT2D eigenvalue weighted by Gasteiger charge is 2.16. The second kappa shape index (κ2) is 12.9. The Morgan fingerprint density at radius 2 is 2.05 bits per heavy atom. The summed E-state index contributed by atoms with van der Waals surface area (Å²) in [6.07, 6.45) is 6.07. The SMILES string of the molecule is COCCOCCCCNC(N)=NCC1CCC1.I. The molecule has 0 aromatic carbocycles. The number of ether oxygens (including phenoxy) is 2. The minimum Gasteiger partial charge on any atom is -0.382 e. The lowest BCUT2D eigenvalue weighted by molar-refractivity contribution is 0.0689. The number of nitrogens with one attached hydrogen (secondary N) is 1. The molecule has 0 spiro atoms. The standard InChI is InChI=1S/C13H27N3O2.HI/c1-17-9-10-18-8-3-2-7-15-13(14)16-11-12-5-4-6-12;/h12H,2-11H2,1H3,(H3,14,15,16);1H. The molecule has 3 N–H and O–H groups in total. The summed E-state index contributed by atoms with van der Waals surface area (Å²) in [7, 11) is 1.68. The molecule has 0 bridgehead atoms. The van der Waals surface area contributed by atoms with Crippen LogP contribution in [0.15, 0.2) is 4.99 Å². The van der Waals surface area contributed by atoms with Crippen molar-refractivity contribution in [1.82, 2.24) is 5.32 Å². The van der Waals surface area contributed by atoms with E-state index in [1.807, 2.05) is 0 Å². The van der Waals surface area contributed by atoms with Crippen molar-refractivity contribution in [2.24, 2.45) is 16.6 Å². The molecule has 1 saturated carbocycles. The summed E-state index contributed by atoms with van der Waals surface area (Å²) in [5.74, 6) is 1.36. The second-order valence-electron chi connectivity index (χ2n) is 4.76. The van der Waals surface area contributed by atoms with Crippen LogP contribution >= 0.6 is 24.0 Å². The maximum absolute atomic E-state index is 5.77. The number of nitrogens with zero attached hydrogens (tertiary/aromatic N) is 1. The minimum atomic E-state index is 0. The normalized spacial score (nSPS) is 15.7. The maximum Gasteiger partial charge on any atom is 0.188 e. The average molecular weight is 385 g/mol. The Hall–Kier alpha value is -0.0800. The summed E-state index contributed by atoms with van der Waals surface area (Å²) in [5, 5.41) is 3.14. The molecule has 114 valence electrons. The number of guanidine groups is 1. The van der Waals surface area contributed by atoms with Crippen molar-refractivity contribution in [3.05, 3.63) is 0 Å². The predicted molar refractivity (Wildman–Crippen MR) is 89.2 cm³/mol. The van der Waals surface area contributed by atoms with Crippen molar-refractivity contribution in [2.75, 3.05) is 40.0 Å². The fraction of sp³-hybridized carbons (Fsp3) is 0.923. The molecule has 0 aromatic rings. The van der Waals surface area contributed by atoms with Crippen LogP contribution in [0.5, 0.6) is 0 Å². The van der Waals surface area contributed by atoms with E-state index in [0.717, 1.165) is 38.5 Å². The molecule has 0 atom stereocenters. The zero-order valence-electron chi connectivity index (χ0n) is 11.9. The Labute approximate surface area is 133 Å². The molecular weight excluding hydrogens is 357 g/mol.